The molecule has 1 aliphatic heterocycles. The molecule has 0 aliphatic carbocycles. The number of para-hydroxylation sites is 1. The molecule has 1 heterocycles. The molecule has 7 nitrogen and oxygen atoms in total. The van der Waals surface area contributed by atoms with Crippen LogP contribution in [-0.4, -0.2) is 42.7 Å². The second kappa shape index (κ2) is 8.19. The average molecular weight is 345 g/mol. The minimum absolute atomic E-state index is 0.143. The summed E-state index contributed by atoms with van der Waals surface area (Å²) in [5.74, 6) is 0.143. The highest BCUT2D eigenvalue weighted by atomic mass is 35.5. The zero-order chi connectivity index (χ0) is 17.5. The molecule has 1 N–H and O–H groups in total. The summed E-state index contributed by atoms with van der Waals surface area (Å²) in [4.78, 5) is 15.7. The fourth-order valence-electron chi connectivity index (χ4n) is 2.52. The number of amides is 1. The van der Waals surface area contributed by atoms with E-state index < -0.39 is 0 Å². The van der Waals surface area contributed by atoms with Crippen molar-refractivity contribution in [3.8, 4) is 12.1 Å². The lowest BCUT2D eigenvalue weighted by Gasteiger charge is -2.37. The molecule has 0 atom stereocenters. The van der Waals surface area contributed by atoms with E-state index in [1.165, 1.54) is 0 Å². The smallest absolute Gasteiger partial charge is 0.237 e. The highest BCUT2D eigenvalue weighted by molar-refractivity contribution is 6.34. The number of piperazine rings is 1. The van der Waals surface area contributed by atoms with E-state index in [0.29, 0.717) is 43.3 Å². The van der Waals surface area contributed by atoms with Crippen LogP contribution in [0.15, 0.2) is 23.3 Å². The number of carbonyl (C=O) groups excluding carboxylic acids is 1. The number of anilines is 2. The van der Waals surface area contributed by atoms with Gasteiger partial charge in [-0.05, 0) is 12.1 Å². The summed E-state index contributed by atoms with van der Waals surface area (Å²) in [5, 5.41) is 21.8. The van der Waals surface area contributed by atoms with Crippen molar-refractivity contribution in [1.82, 2.24) is 4.90 Å². The van der Waals surface area contributed by atoms with Crippen LogP contribution in [0.25, 0.3) is 0 Å². The van der Waals surface area contributed by atoms with E-state index in [1.54, 1.807) is 30.3 Å². The number of nitriles is 2. The third-order valence-electron chi connectivity index (χ3n) is 3.74. The monoisotopic (exact) mass is 344 g/mol. The molecule has 1 aliphatic rings. The molecular weight excluding hydrogens is 328 g/mol. The number of rotatable bonds is 4. The first-order valence-corrected chi connectivity index (χ1v) is 7.93. The molecule has 1 amide bonds. The lowest BCUT2D eigenvalue weighted by atomic mass is 10.2. The third kappa shape index (κ3) is 3.95. The average Bonchev–Trinajstić information content (AvgIpc) is 2.62. The number of nitrogens with one attached hydrogen (secondary N) is 1. The maximum absolute atomic E-state index is 11.8. The maximum atomic E-state index is 11.8. The van der Waals surface area contributed by atoms with Gasteiger partial charge in [-0.3, -0.25) is 10.2 Å². The van der Waals surface area contributed by atoms with Gasteiger partial charge >= 0.3 is 0 Å². The first-order chi connectivity index (χ1) is 11.6. The van der Waals surface area contributed by atoms with E-state index in [9.17, 15) is 4.79 Å². The molecule has 8 heteroatoms. The summed E-state index contributed by atoms with van der Waals surface area (Å²) < 4.78 is 0. The predicted octanol–water partition coefficient (Wildman–Crippen LogP) is 2.21. The van der Waals surface area contributed by atoms with E-state index in [0.717, 1.165) is 5.69 Å². The van der Waals surface area contributed by atoms with Crippen LogP contribution in [0.5, 0.6) is 0 Å². The Labute approximate surface area is 145 Å². The maximum Gasteiger partial charge on any atom is 0.237 e. The van der Waals surface area contributed by atoms with Gasteiger partial charge in [-0.15, -0.1) is 0 Å². The minimum atomic E-state index is -0.265. The van der Waals surface area contributed by atoms with Gasteiger partial charge in [0.05, 0.1) is 16.4 Å². The minimum Gasteiger partial charge on any atom is -0.365 e. The molecule has 0 spiro atoms. The number of nitrogens with zero attached hydrogens (tertiary/aromatic N) is 5. The van der Waals surface area contributed by atoms with E-state index in [-0.39, 0.29) is 11.6 Å². The zero-order valence-corrected chi connectivity index (χ0v) is 14.0. The van der Waals surface area contributed by atoms with Crippen LogP contribution >= 0.6 is 11.6 Å². The highest BCUT2D eigenvalue weighted by Crippen LogP contribution is 2.34. The second-order valence-corrected chi connectivity index (χ2v) is 5.56. The SMILES string of the molecule is CCC(=O)N1CCN(c2c(Cl)cccc2NN=C(C#N)C#N)CC1. The fraction of sp³-hybridized carbons (Fsp3) is 0.375. The van der Waals surface area contributed by atoms with Gasteiger partial charge in [-0.1, -0.05) is 24.6 Å². The van der Waals surface area contributed by atoms with E-state index in [4.69, 9.17) is 22.1 Å². The Kier molecular flexibility index (Phi) is 6.00. The molecule has 1 saturated heterocycles. The molecule has 0 radical (unpaired) electrons. The first-order valence-electron chi connectivity index (χ1n) is 7.55. The molecule has 0 aromatic heterocycles. The molecule has 2 rings (SSSR count). The topological polar surface area (TPSA) is 95.5 Å². The Morgan fingerprint density at radius 1 is 1.29 bits per heavy atom. The molecule has 1 fully saturated rings. The number of halogens is 1. The largest absolute Gasteiger partial charge is 0.365 e. The van der Waals surface area contributed by atoms with Crippen LogP contribution in [-0.2, 0) is 4.79 Å². The van der Waals surface area contributed by atoms with Crippen LogP contribution in [0, 0.1) is 22.7 Å². The van der Waals surface area contributed by atoms with Crippen molar-refractivity contribution in [3.63, 3.8) is 0 Å². The first kappa shape index (κ1) is 17.6. The van der Waals surface area contributed by atoms with Crippen molar-refractivity contribution in [2.45, 2.75) is 13.3 Å². The lowest BCUT2D eigenvalue weighted by Crippen LogP contribution is -2.48. The van der Waals surface area contributed by atoms with Gasteiger partial charge in [0.1, 0.15) is 12.1 Å². The fourth-order valence-corrected chi connectivity index (χ4v) is 2.82. The van der Waals surface area contributed by atoms with Crippen LogP contribution in [0.4, 0.5) is 11.4 Å². The van der Waals surface area contributed by atoms with Crippen molar-refractivity contribution < 1.29 is 4.79 Å². The summed E-state index contributed by atoms with van der Waals surface area (Å²) in [5.41, 5.74) is 3.83. The van der Waals surface area contributed by atoms with Gasteiger partial charge in [0, 0.05) is 32.6 Å². The third-order valence-corrected chi connectivity index (χ3v) is 4.04. The van der Waals surface area contributed by atoms with E-state index in [2.05, 4.69) is 15.4 Å². The van der Waals surface area contributed by atoms with E-state index in [1.807, 2.05) is 11.8 Å². The van der Waals surface area contributed by atoms with Gasteiger partial charge in [-0.25, -0.2) is 0 Å². The van der Waals surface area contributed by atoms with Gasteiger partial charge in [0.25, 0.3) is 0 Å². The van der Waals surface area contributed by atoms with Gasteiger partial charge in [0.15, 0.2) is 0 Å². The van der Waals surface area contributed by atoms with Crippen molar-refractivity contribution in [2.24, 2.45) is 5.10 Å². The van der Waals surface area contributed by atoms with Crippen LogP contribution in [0.2, 0.25) is 5.02 Å². The number of hydrogen-bond acceptors (Lipinski definition) is 6. The highest BCUT2D eigenvalue weighted by Gasteiger charge is 2.23. The van der Waals surface area contributed by atoms with E-state index >= 15 is 0 Å². The molecule has 0 bridgehead atoms. The van der Waals surface area contributed by atoms with Crippen LogP contribution in [0.3, 0.4) is 0 Å². The van der Waals surface area contributed by atoms with Gasteiger partial charge in [0.2, 0.25) is 11.6 Å². The second-order valence-electron chi connectivity index (χ2n) is 5.15. The quantitative estimate of drug-likeness (QED) is 0.667. The lowest BCUT2D eigenvalue weighted by molar-refractivity contribution is -0.131. The molecule has 0 saturated carbocycles. The van der Waals surface area contributed by atoms with Crippen molar-refractivity contribution in [1.29, 1.82) is 10.5 Å². The molecule has 1 aromatic carbocycles. The van der Waals surface area contributed by atoms with Crippen molar-refractivity contribution in [2.75, 3.05) is 36.5 Å². The number of benzene rings is 1. The Morgan fingerprint density at radius 3 is 2.54 bits per heavy atom. The molecular formula is C16H17ClN6O. The van der Waals surface area contributed by atoms with Crippen molar-refractivity contribution in [3.05, 3.63) is 23.2 Å². The summed E-state index contributed by atoms with van der Waals surface area (Å²) in [6, 6.07) is 8.70. The summed E-state index contributed by atoms with van der Waals surface area (Å²) >= 11 is 6.33. The Bertz CT molecular complexity index is 709. The normalized spacial score (nSPS) is 13.7. The summed E-state index contributed by atoms with van der Waals surface area (Å²) in [7, 11) is 0. The van der Waals surface area contributed by atoms with Crippen LogP contribution < -0.4 is 10.3 Å². The zero-order valence-electron chi connectivity index (χ0n) is 13.3. The number of hydrazone groups is 1. The van der Waals surface area contributed by atoms with Gasteiger partial charge in [-0.2, -0.15) is 15.6 Å². The molecule has 24 heavy (non-hydrogen) atoms. The Morgan fingerprint density at radius 2 is 1.96 bits per heavy atom. The molecule has 0 unspecified atom stereocenters. The van der Waals surface area contributed by atoms with Gasteiger partial charge < -0.3 is 9.80 Å². The number of carbonyl (C=O) groups is 1. The standard InChI is InChI=1S/C16H17ClN6O/c1-2-15(24)22-6-8-23(9-7-22)16-13(17)4-3-5-14(16)21-20-12(10-18)11-19/h3-5,21H,2,6-9H2,1H3. The Balaban J connectivity index is 2.19. The Hall–Kier alpha value is -2.77. The summed E-state index contributed by atoms with van der Waals surface area (Å²) in [6.45, 7) is 4.41. The molecule has 1 aromatic rings. The number of hydrogen-bond donors (Lipinski definition) is 1. The predicted molar refractivity (Wildman–Crippen MR) is 92.8 cm³/mol. The van der Waals surface area contributed by atoms with Crippen LogP contribution in [0.1, 0.15) is 13.3 Å². The molecule has 124 valence electrons. The summed E-state index contributed by atoms with van der Waals surface area (Å²) in [6.07, 6.45) is 0.499. The van der Waals surface area contributed by atoms with Crippen molar-refractivity contribution >= 4 is 34.6 Å².